The summed E-state index contributed by atoms with van der Waals surface area (Å²) >= 11 is 0. The van der Waals surface area contributed by atoms with E-state index in [9.17, 15) is 1.37 Å². The Morgan fingerprint density at radius 2 is 1.13 bits per heavy atom. The first-order chi connectivity index (χ1) is 25.7. The van der Waals surface area contributed by atoms with E-state index in [0.29, 0.717) is 22.1 Å². The minimum atomic E-state index is -0.493. The van der Waals surface area contributed by atoms with Gasteiger partial charge in [0, 0.05) is 33.2 Å². The molecule has 0 spiro atoms. The average molecular weight is 595 g/mol. The molecule has 2 nitrogen and oxygen atoms in total. The van der Waals surface area contributed by atoms with Gasteiger partial charge in [-0.05, 0) is 93.0 Å². The van der Waals surface area contributed by atoms with Crippen LogP contribution in [0, 0.1) is 0 Å². The summed E-state index contributed by atoms with van der Waals surface area (Å²) in [5.74, 6) is 0. The van der Waals surface area contributed by atoms with Crippen LogP contribution in [0.25, 0.3) is 65.7 Å². The SMILES string of the molecule is [2H]c1c([2H])c([2H])c2c([2H])c(-c3cc4c(oc5cccc(-c6ccc(N(c7ccccc7)c7ccccc7)cc6)c54)c4ccccc34)c([2H])c([2H])c2c1[2H]. The van der Waals surface area contributed by atoms with E-state index < -0.39 is 24.2 Å². The molecule has 0 atom stereocenters. The van der Waals surface area contributed by atoms with Crippen LogP contribution in [0.4, 0.5) is 17.1 Å². The number of fused-ring (bicyclic) bond motifs is 6. The number of benzene rings is 8. The Hall–Kier alpha value is -6.12. The molecule has 1 heterocycles. The molecule has 0 saturated carbocycles. The maximum Gasteiger partial charge on any atom is 0.143 e. The minimum absolute atomic E-state index is 0.0749. The molecule has 2 heteroatoms. The van der Waals surface area contributed by atoms with E-state index in [2.05, 4.69) is 53.4 Å². The van der Waals surface area contributed by atoms with Crippen molar-refractivity contribution in [2.75, 3.05) is 4.90 Å². The highest BCUT2D eigenvalue weighted by atomic mass is 16.3. The molecule has 9 rings (SSSR count). The normalized spacial score (nSPS) is 13.6. The number of hydrogen-bond donors (Lipinski definition) is 0. The van der Waals surface area contributed by atoms with Gasteiger partial charge < -0.3 is 9.32 Å². The zero-order valence-corrected chi connectivity index (χ0v) is 24.6. The first kappa shape index (κ1) is 20.0. The van der Waals surface area contributed by atoms with E-state index in [0.717, 1.165) is 44.3 Å². The molecule has 0 fully saturated rings. The Morgan fingerprint density at radius 3 is 1.87 bits per heavy atom. The van der Waals surface area contributed by atoms with Gasteiger partial charge in [0.15, 0.2) is 0 Å². The second-order valence-corrected chi connectivity index (χ2v) is 11.2. The van der Waals surface area contributed by atoms with Crippen LogP contribution in [-0.4, -0.2) is 0 Å². The van der Waals surface area contributed by atoms with E-state index in [-0.39, 0.29) is 34.5 Å². The van der Waals surface area contributed by atoms with Crippen LogP contribution in [0.3, 0.4) is 0 Å². The molecule has 8 aromatic carbocycles. The zero-order chi connectivity index (χ0) is 36.5. The van der Waals surface area contributed by atoms with Gasteiger partial charge in [0.05, 0.1) is 9.60 Å². The summed E-state index contributed by atoms with van der Waals surface area (Å²) < 4.78 is 67.5. The van der Waals surface area contributed by atoms with Crippen molar-refractivity contribution < 1.29 is 14.0 Å². The number of nitrogens with zero attached hydrogens (tertiary/aromatic N) is 1. The molecule has 0 amide bonds. The van der Waals surface area contributed by atoms with E-state index in [1.807, 2.05) is 84.9 Å². The van der Waals surface area contributed by atoms with Crippen molar-refractivity contribution in [3.05, 3.63) is 176 Å². The Bertz CT molecular complexity index is 2870. The Kier molecular flexibility index (Phi) is 4.70. The molecule has 0 N–H and O–H groups in total. The van der Waals surface area contributed by atoms with Crippen molar-refractivity contribution in [1.82, 2.24) is 0 Å². The molecule has 46 heavy (non-hydrogen) atoms. The highest BCUT2D eigenvalue weighted by molar-refractivity contribution is 6.22. The van der Waals surface area contributed by atoms with Crippen molar-refractivity contribution in [3.8, 4) is 22.3 Å². The average Bonchev–Trinajstić information content (AvgIpc) is 3.58. The fourth-order valence-electron chi connectivity index (χ4n) is 6.40. The minimum Gasteiger partial charge on any atom is -0.455 e. The van der Waals surface area contributed by atoms with Gasteiger partial charge in [0.1, 0.15) is 11.2 Å². The standard InChI is InChI=1S/C44H29NO/c1-3-14-34(15-4-1)45(35-16-5-2-6-17-35)36-26-24-31(25-27-36)37-20-11-21-42-43(37)41-29-40(38-18-9-10-19-39(38)44(41)46-42)33-23-22-30-12-7-8-13-32(30)28-33/h1-29H/i7D,8D,12D,13D,22D,23D,28D. The second-order valence-electron chi connectivity index (χ2n) is 11.2. The fourth-order valence-corrected chi connectivity index (χ4v) is 6.40. The quantitative estimate of drug-likeness (QED) is 0.197. The lowest BCUT2D eigenvalue weighted by Crippen LogP contribution is -2.09. The van der Waals surface area contributed by atoms with Crippen molar-refractivity contribution >= 4 is 60.5 Å². The summed E-state index contributed by atoms with van der Waals surface area (Å²) in [6.07, 6.45) is 0. The lowest BCUT2D eigenvalue weighted by Gasteiger charge is -2.25. The summed E-state index contributed by atoms with van der Waals surface area (Å²) in [5.41, 5.74) is 6.94. The van der Waals surface area contributed by atoms with E-state index in [1.165, 1.54) is 0 Å². The molecule has 1 aromatic heterocycles. The molecular formula is C44H29NO. The van der Waals surface area contributed by atoms with Crippen LogP contribution in [0.1, 0.15) is 9.60 Å². The number of rotatable bonds is 5. The zero-order valence-electron chi connectivity index (χ0n) is 31.6. The molecule has 0 aliphatic rings. The van der Waals surface area contributed by atoms with Gasteiger partial charge in [-0.15, -0.1) is 0 Å². The molecule has 0 aliphatic carbocycles. The molecule has 0 radical (unpaired) electrons. The van der Waals surface area contributed by atoms with Crippen LogP contribution in [-0.2, 0) is 0 Å². The third kappa shape index (κ3) is 4.35. The highest BCUT2D eigenvalue weighted by Gasteiger charge is 2.18. The summed E-state index contributed by atoms with van der Waals surface area (Å²) in [6.45, 7) is 0. The smallest absolute Gasteiger partial charge is 0.143 e. The largest absolute Gasteiger partial charge is 0.455 e. The van der Waals surface area contributed by atoms with Gasteiger partial charge in [-0.2, -0.15) is 0 Å². The van der Waals surface area contributed by atoms with Crippen LogP contribution in [0.5, 0.6) is 0 Å². The maximum atomic E-state index is 9.31. The van der Waals surface area contributed by atoms with Crippen LogP contribution in [0.15, 0.2) is 180 Å². The fraction of sp³-hybridized carbons (Fsp3) is 0. The topological polar surface area (TPSA) is 16.4 Å². The van der Waals surface area contributed by atoms with Gasteiger partial charge in [-0.1, -0.05) is 121 Å². The van der Waals surface area contributed by atoms with Crippen molar-refractivity contribution in [2.24, 2.45) is 0 Å². The Morgan fingerprint density at radius 1 is 0.478 bits per heavy atom. The van der Waals surface area contributed by atoms with E-state index in [1.54, 1.807) is 0 Å². The first-order valence-corrected chi connectivity index (χ1v) is 15.1. The number of para-hydroxylation sites is 2. The Labute approximate surface area is 277 Å². The molecule has 0 saturated heterocycles. The number of furan rings is 1. The number of hydrogen-bond acceptors (Lipinski definition) is 2. The molecular weight excluding hydrogens is 558 g/mol. The molecule has 216 valence electrons. The van der Waals surface area contributed by atoms with Gasteiger partial charge >= 0.3 is 0 Å². The van der Waals surface area contributed by atoms with Crippen LogP contribution < -0.4 is 4.90 Å². The highest BCUT2D eigenvalue weighted by Crippen LogP contribution is 2.44. The predicted molar refractivity (Wildman–Crippen MR) is 194 cm³/mol. The molecule has 0 bridgehead atoms. The van der Waals surface area contributed by atoms with Gasteiger partial charge in [-0.25, -0.2) is 0 Å². The maximum absolute atomic E-state index is 9.31. The van der Waals surface area contributed by atoms with Crippen molar-refractivity contribution in [3.63, 3.8) is 0 Å². The summed E-state index contributed by atoms with van der Waals surface area (Å²) in [4.78, 5) is 2.21. The van der Waals surface area contributed by atoms with Crippen molar-refractivity contribution in [1.29, 1.82) is 0 Å². The van der Waals surface area contributed by atoms with Crippen LogP contribution >= 0.6 is 0 Å². The summed E-state index contributed by atoms with van der Waals surface area (Å²) in [6, 6.07) is 41.6. The molecule has 9 aromatic rings. The van der Waals surface area contributed by atoms with Crippen LogP contribution in [0.2, 0.25) is 0 Å². The monoisotopic (exact) mass is 594 g/mol. The van der Waals surface area contributed by atoms with Gasteiger partial charge in [0.25, 0.3) is 0 Å². The number of anilines is 3. The lowest BCUT2D eigenvalue weighted by atomic mass is 9.92. The Balaban J connectivity index is 1.28. The van der Waals surface area contributed by atoms with E-state index >= 15 is 0 Å². The van der Waals surface area contributed by atoms with Crippen molar-refractivity contribution in [2.45, 2.75) is 0 Å². The molecule has 0 aliphatic heterocycles. The first-order valence-electron chi connectivity index (χ1n) is 18.6. The molecule has 0 unspecified atom stereocenters. The summed E-state index contributed by atoms with van der Waals surface area (Å²) in [7, 11) is 0. The predicted octanol–water partition coefficient (Wildman–Crippen LogP) is 12.7. The third-order valence-corrected chi connectivity index (χ3v) is 8.49. The van der Waals surface area contributed by atoms with Gasteiger partial charge in [0.2, 0.25) is 0 Å². The van der Waals surface area contributed by atoms with E-state index in [4.69, 9.17) is 12.6 Å². The lowest BCUT2D eigenvalue weighted by molar-refractivity contribution is 0.673. The second kappa shape index (κ2) is 10.8. The summed E-state index contributed by atoms with van der Waals surface area (Å²) in [5, 5.41) is 2.89. The third-order valence-electron chi connectivity index (χ3n) is 8.49. The van der Waals surface area contributed by atoms with Gasteiger partial charge in [-0.3, -0.25) is 0 Å².